The maximum absolute atomic E-state index is 11.1. The van der Waals surface area contributed by atoms with Gasteiger partial charge in [-0.3, -0.25) is 4.79 Å². The van der Waals surface area contributed by atoms with Gasteiger partial charge in [0.1, 0.15) is 12.1 Å². The topological polar surface area (TPSA) is 88.0 Å². The zero-order chi connectivity index (χ0) is 18.9. The molecule has 0 aliphatic carbocycles. The lowest BCUT2D eigenvalue weighted by atomic mass is 9.97. The zero-order valence-electron chi connectivity index (χ0n) is 15.5. The molecule has 0 amide bonds. The lowest BCUT2D eigenvalue weighted by Crippen LogP contribution is -2.13. The summed E-state index contributed by atoms with van der Waals surface area (Å²) >= 11 is 0. The van der Waals surface area contributed by atoms with Gasteiger partial charge in [0.25, 0.3) is 0 Å². The van der Waals surface area contributed by atoms with Crippen LogP contribution in [0, 0.1) is 0 Å². The Labute approximate surface area is 159 Å². The molecule has 0 unspecified atom stereocenters. The Morgan fingerprint density at radius 2 is 2.11 bits per heavy atom. The van der Waals surface area contributed by atoms with E-state index in [0.717, 1.165) is 55.7 Å². The monoisotopic (exact) mass is 366 g/mol. The molecule has 0 saturated heterocycles. The van der Waals surface area contributed by atoms with E-state index in [2.05, 4.69) is 33.5 Å². The van der Waals surface area contributed by atoms with Gasteiger partial charge in [-0.2, -0.15) is 0 Å². The van der Waals surface area contributed by atoms with Crippen molar-refractivity contribution in [1.82, 2.24) is 15.0 Å². The number of aryl methyl sites for hydroxylation is 2. The first-order valence-electron chi connectivity index (χ1n) is 9.58. The minimum atomic E-state index is -0.819. The maximum atomic E-state index is 11.1. The summed E-state index contributed by atoms with van der Waals surface area (Å²) in [6.07, 6.45) is 15.2. The molecular weight excluding hydrogens is 340 g/mol. The number of rotatable bonds is 9. The van der Waals surface area contributed by atoms with Crippen LogP contribution in [0.15, 0.2) is 43.0 Å². The van der Waals surface area contributed by atoms with E-state index in [-0.39, 0.29) is 12.3 Å². The fourth-order valence-electron chi connectivity index (χ4n) is 3.32. The van der Waals surface area contributed by atoms with Crippen LogP contribution in [0.2, 0.25) is 0 Å². The van der Waals surface area contributed by atoms with Crippen molar-refractivity contribution in [2.45, 2.75) is 50.9 Å². The summed E-state index contributed by atoms with van der Waals surface area (Å²) in [4.78, 5) is 23.8. The van der Waals surface area contributed by atoms with E-state index in [1.807, 2.05) is 6.08 Å². The average molecular weight is 366 g/mol. The highest BCUT2D eigenvalue weighted by atomic mass is 16.4. The Hall–Kier alpha value is -2.76. The number of pyridine rings is 1. The summed E-state index contributed by atoms with van der Waals surface area (Å²) in [5.74, 6) is 0.0536. The first-order chi connectivity index (χ1) is 13.2. The molecule has 2 aromatic rings. The molecule has 0 spiro atoms. The summed E-state index contributed by atoms with van der Waals surface area (Å²) in [7, 11) is 0. The van der Waals surface area contributed by atoms with Crippen molar-refractivity contribution in [3.8, 4) is 0 Å². The number of aromatic nitrogens is 3. The number of aliphatic carboxylic acids is 1. The molecular formula is C21H26N4O2. The molecule has 6 heteroatoms. The summed E-state index contributed by atoms with van der Waals surface area (Å²) < 4.78 is 0. The molecule has 0 aromatic carbocycles. The number of anilines is 1. The Morgan fingerprint density at radius 1 is 1.26 bits per heavy atom. The minimum absolute atomic E-state index is 0.0515. The van der Waals surface area contributed by atoms with E-state index in [0.29, 0.717) is 0 Å². The summed E-state index contributed by atoms with van der Waals surface area (Å²) in [5, 5.41) is 12.5. The molecule has 2 N–H and O–H groups in total. The van der Waals surface area contributed by atoms with E-state index >= 15 is 0 Å². The van der Waals surface area contributed by atoms with Gasteiger partial charge in [0.2, 0.25) is 0 Å². The molecule has 1 atom stereocenters. The Kier molecular flexibility index (Phi) is 6.90. The lowest BCUT2D eigenvalue weighted by Gasteiger charge is -2.17. The van der Waals surface area contributed by atoms with Crippen LogP contribution in [0.5, 0.6) is 0 Å². The van der Waals surface area contributed by atoms with Crippen molar-refractivity contribution in [2.75, 3.05) is 11.9 Å². The normalized spacial score (nSPS) is 14.5. The third kappa shape index (κ3) is 5.88. The van der Waals surface area contributed by atoms with Crippen LogP contribution in [0.25, 0.3) is 0 Å². The van der Waals surface area contributed by atoms with Crippen molar-refractivity contribution in [2.24, 2.45) is 0 Å². The van der Waals surface area contributed by atoms with Crippen LogP contribution < -0.4 is 5.32 Å². The third-order valence-corrected chi connectivity index (χ3v) is 4.78. The molecule has 1 aliphatic rings. The number of nitrogens with one attached hydrogen (secondary N) is 1. The SMILES string of the molecule is O=C(O)C[C@@H](/C=C/CCCCc1ccc2c(n1)NCCC2)c1cncnc1. The summed E-state index contributed by atoms with van der Waals surface area (Å²) in [6.45, 7) is 1.01. The van der Waals surface area contributed by atoms with Crippen LogP contribution in [-0.4, -0.2) is 32.6 Å². The number of unbranched alkanes of at least 4 members (excludes halogenated alkanes) is 2. The molecule has 1 aliphatic heterocycles. The molecule has 0 radical (unpaired) electrons. The average Bonchev–Trinajstić information content (AvgIpc) is 2.70. The number of carboxylic acid groups (broad SMARTS) is 1. The van der Waals surface area contributed by atoms with Gasteiger partial charge in [0, 0.05) is 30.6 Å². The maximum Gasteiger partial charge on any atom is 0.304 e. The quantitative estimate of drug-likeness (QED) is 0.519. The predicted molar refractivity (Wildman–Crippen MR) is 105 cm³/mol. The van der Waals surface area contributed by atoms with Gasteiger partial charge >= 0.3 is 5.97 Å². The van der Waals surface area contributed by atoms with Crippen LogP contribution in [0.1, 0.15) is 54.8 Å². The van der Waals surface area contributed by atoms with Gasteiger partial charge in [-0.25, -0.2) is 15.0 Å². The molecule has 142 valence electrons. The predicted octanol–water partition coefficient (Wildman–Crippen LogP) is 3.76. The number of carbonyl (C=O) groups is 1. The van der Waals surface area contributed by atoms with Gasteiger partial charge in [-0.15, -0.1) is 0 Å². The number of fused-ring (bicyclic) bond motifs is 1. The summed E-state index contributed by atoms with van der Waals surface area (Å²) in [6, 6.07) is 4.34. The second-order valence-electron chi connectivity index (χ2n) is 6.89. The molecule has 6 nitrogen and oxygen atoms in total. The molecule has 3 rings (SSSR count). The molecule has 0 bridgehead atoms. The van der Waals surface area contributed by atoms with Crippen molar-refractivity contribution in [3.63, 3.8) is 0 Å². The van der Waals surface area contributed by atoms with Crippen molar-refractivity contribution in [3.05, 3.63) is 59.8 Å². The minimum Gasteiger partial charge on any atom is -0.481 e. The molecule has 2 aromatic heterocycles. The Morgan fingerprint density at radius 3 is 2.93 bits per heavy atom. The van der Waals surface area contributed by atoms with Crippen LogP contribution in [0.4, 0.5) is 5.82 Å². The van der Waals surface area contributed by atoms with Crippen molar-refractivity contribution < 1.29 is 9.90 Å². The number of allylic oxidation sites excluding steroid dienone is 2. The fourth-order valence-corrected chi connectivity index (χ4v) is 3.32. The number of carboxylic acids is 1. The molecule has 0 fully saturated rings. The number of nitrogens with zero attached hydrogens (tertiary/aromatic N) is 3. The Bertz CT molecular complexity index is 777. The van der Waals surface area contributed by atoms with Gasteiger partial charge in [-0.1, -0.05) is 18.2 Å². The third-order valence-electron chi connectivity index (χ3n) is 4.78. The molecule has 3 heterocycles. The van der Waals surface area contributed by atoms with Crippen molar-refractivity contribution in [1.29, 1.82) is 0 Å². The Balaban J connectivity index is 1.45. The van der Waals surface area contributed by atoms with Crippen LogP contribution >= 0.6 is 0 Å². The highest BCUT2D eigenvalue weighted by Crippen LogP contribution is 2.22. The highest BCUT2D eigenvalue weighted by molar-refractivity contribution is 5.68. The van der Waals surface area contributed by atoms with E-state index in [4.69, 9.17) is 10.1 Å². The standard InChI is InChI=1S/C21H26N4O2/c26-20(27)12-17(18-13-22-15-23-14-18)6-3-1-2-4-8-19-10-9-16-7-5-11-24-21(16)25-19/h3,6,9-10,13-15,17H,1-2,4-5,7-8,11-12H2,(H,24,25)(H,26,27)/b6-3+/t17-/m1/s1. The van der Waals surface area contributed by atoms with E-state index in [9.17, 15) is 4.79 Å². The first kappa shape index (κ1) is 19.0. The van der Waals surface area contributed by atoms with Crippen LogP contribution in [-0.2, 0) is 17.6 Å². The van der Waals surface area contributed by atoms with E-state index in [1.165, 1.54) is 18.3 Å². The van der Waals surface area contributed by atoms with Gasteiger partial charge in [0.15, 0.2) is 0 Å². The lowest BCUT2D eigenvalue weighted by molar-refractivity contribution is -0.137. The van der Waals surface area contributed by atoms with Gasteiger partial charge in [0.05, 0.1) is 6.42 Å². The second-order valence-corrected chi connectivity index (χ2v) is 6.89. The van der Waals surface area contributed by atoms with E-state index < -0.39 is 5.97 Å². The number of hydrogen-bond donors (Lipinski definition) is 2. The zero-order valence-corrected chi connectivity index (χ0v) is 15.5. The molecule has 27 heavy (non-hydrogen) atoms. The smallest absolute Gasteiger partial charge is 0.304 e. The molecule has 0 saturated carbocycles. The largest absolute Gasteiger partial charge is 0.481 e. The first-order valence-corrected chi connectivity index (χ1v) is 9.58. The fraction of sp³-hybridized carbons (Fsp3) is 0.429. The summed E-state index contributed by atoms with van der Waals surface area (Å²) in [5.41, 5.74) is 3.29. The van der Waals surface area contributed by atoms with Gasteiger partial charge < -0.3 is 10.4 Å². The number of hydrogen-bond acceptors (Lipinski definition) is 5. The van der Waals surface area contributed by atoms with Crippen LogP contribution in [0.3, 0.4) is 0 Å². The van der Waals surface area contributed by atoms with Crippen molar-refractivity contribution >= 4 is 11.8 Å². The van der Waals surface area contributed by atoms with E-state index in [1.54, 1.807) is 12.4 Å². The van der Waals surface area contributed by atoms with Gasteiger partial charge in [-0.05, 0) is 55.7 Å². The highest BCUT2D eigenvalue weighted by Gasteiger charge is 2.13. The second kappa shape index (κ2) is 9.80.